The zero-order chi connectivity index (χ0) is 19.6. The second-order valence-electron chi connectivity index (χ2n) is 7.19. The molecule has 2 aliphatic heterocycles. The van der Waals surface area contributed by atoms with Gasteiger partial charge in [0.25, 0.3) is 0 Å². The van der Waals surface area contributed by atoms with Crippen molar-refractivity contribution in [3.63, 3.8) is 0 Å². The van der Waals surface area contributed by atoms with E-state index >= 15 is 0 Å². The second-order valence-corrected chi connectivity index (χ2v) is 9.12. The minimum Gasteiger partial charge on any atom is -0.352 e. The molecule has 0 saturated carbocycles. The number of nitrogens with zero attached hydrogens (tertiary/aromatic N) is 3. The van der Waals surface area contributed by atoms with E-state index in [4.69, 9.17) is 0 Å². The number of hydrogen-bond donors (Lipinski definition) is 1. The van der Waals surface area contributed by atoms with Gasteiger partial charge in [-0.2, -0.15) is 4.31 Å². The van der Waals surface area contributed by atoms with Crippen LogP contribution in [0.5, 0.6) is 0 Å². The number of para-hydroxylation sites is 1. The molecule has 2 aromatic carbocycles. The molecule has 156 valence electrons. The Morgan fingerprint density at radius 2 is 1.72 bits per heavy atom. The number of fused-ring (bicyclic) bond motifs is 1. The first kappa shape index (κ1) is 22.0. The summed E-state index contributed by atoms with van der Waals surface area (Å²) in [5, 5.41) is 3.40. The number of guanidine groups is 1. The highest BCUT2D eigenvalue weighted by Crippen LogP contribution is 2.27. The molecular formula is C21H27IN4O2S. The average Bonchev–Trinajstić information content (AvgIpc) is 3.40. The van der Waals surface area contributed by atoms with Crippen LogP contribution in [-0.2, 0) is 23.0 Å². The highest BCUT2D eigenvalue weighted by Gasteiger charge is 2.27. The van der Waals surface area contributed by atoms with Crippen LogP contribution in [0.4, 0.5) is 5.69 Å². The second kappa shape index (κ2) is 9.44. The summed E-state index contributed by atoms with van der Waals surface area (Å²) in [6.07, 6.45) is 2.90. The van der Waals surface area contributed by atoms with E-state index in [0.717, 1.165) is 37.3 Å². The van der Waals surface area contributed by atoms with Crippen molar-refractivity contribution in [2.24, 2.45) is 4.99 Å². The molecule has 1 N–H and O–H groups in total. The van der Waals surface area contributed by atoms with Gasteiger partial charge in [-0.25, -0.2) is 8.42 Å². The molecule has 1 saturated heterocycles. The predicted molar refractivity (Wildman–Crippen MR) is 128 cm³/mol. The van der Waals surface area contributed by atoms with Crippen molar-refractivity contribution in [1.82, 2.24) is 9.62 Å². The zero-order valence-corrected chi connectivity index (χ0v) is 19.7. The Hall–Kier alpha value is -1.65. The fourth-order valence-electron chi connectivity index (χ4n) is 3.89. The van der Waals surface area contributed by atoms with Crippen LogP contribution >= 0.6 is 24.0 Å². The standard InChI is InChI=1S/C21H26N4O2S.HI/c1-22-21(25-15-12-18-6-2-3-7-20(18)25)23-16-17-8-10-19(11-9-17)28(26,27)24-13-4-5-14-24;/h2-3,6-11H,4-5,12-16H2,1H3,(H,22,23);1H. The Morgan fingerprint density at radius 1 is 1.03 bits per heavy atom. The molecule has 0 atom stereocenters. The van der Waals surface area contributed by atoms with E-state index in [9.17, 15) is 8.42 Å². The lowest BCUT2D eigenvalue weighted by Crippen LogP contribution is -2.40. The molecule has 0 amide bonds. The van der Waals surface area contributed by atoms with Gasteiger partial charge in [0, 0.05) is 38.9 Å². The van der Waals surface area contributed by atoms with Gasteiger partial charge >= 0.3 is 0 Å². The van der Waals surface area contributed by atoms with Crippen molar-refractivity contribution < 1.29 is 8.42 Å². The van der Waals surface area contributed by atoms with Crippen LogP contribution in [0.25, 0.3) is 0 Å². The SMILES string of the molecule is CN=C(NCc1ccc(S(=O)(=O)N2CCCC2)cc1)N1CCc2ccccc21.I. The van der Waals surface area contributed by atoms with Crippen LogP contribution in [0.1, 0.15) is 24.0 Å². The van der Waals surface area contributed by atoms with Crippen molar-refractivity contribution in [2.45, 2.75) is 30.7 Å². The summed E-state index contributed by atoms with van der Waals surface area (Å²) >= 11 is 0. The molecule has 0 radical (unpaired) electrons. The summed E-state index contributed by atoms with van der Waals surface area (Å²) in [5.41, 5.74) is 3.55. The van der Waals surface area contributed by atoms with Crippen LogP contribution in [0.15, 0.2) is 58.4 Å². The fourth-order valence-corrected chi connectivity index (χ4v) is 5.41. The Bertz CT molecular complexity index is 970. The van der Waals surface area contributed by atoms with Crippen LogP contribution < -0.4 is 10.2 Å². The summed E-state index contributed by atoms with van der Waals surface area (Å²) in [7, 11) is -1.57. The van der Waals surface area contributed by atoms with Gasteiger partial charge in [0.15, 0.2) is 5.96 Å². The quantitative estimate of drug-likeness (QED) is 0.378. The van der Waals surface area contributed by atoms with Gasteiger partial charge in [-0.05, 0) is 48.6 Å². The van der Waals surface area contributed by atoms with E-state index in [1.54, 1.807) is 23.5 Å². The van der Waals surface area contributed by atoms with Crippen molar-refractivity contribution in [3.05, 3.63) is 59.7 Å². The van der Waals surface area contributed by atoms with Gasteiger partial charge in [-0.3, -0.25) is 4.99 Å². The highest BCUT2D eigenvalue weighted by atomic mass is 127. The van der Waals surface area contributed by atoms with Crippen molar-refractivity contribution >= 4 is 45.6 Å². The summed E-state index contributed by atoms with van der Waals surface area (Å²) in [6.45, 7) is 2.75. The number of nitrogens with one attached hydrogen (secondary N) is 1. The molecule has 2 aromatic rings. The minimum absolute atomic E-state index is 0. The number of benzene rings is 2. The van der Waals surface area contributed by atoms with E-state index < -0.39 is 10.0 Å². The van der Waals surface area contributed by atoms with Crippen molar-refractivity contribution in [2.75, 3.05) is 31.6 Å². The van der Waals surface area contributed by atoms with E-state index in [2.05, 4.69) is 33.4 Å². The van der Waals surface area contributed by atoms with Gasteiger partial charge < -0.3 is 10.2 Å². The molecule has 0 spiro atoms. The van der Waals surface area contributed by atoms with Crippen LogP contribution in [0, 0.1) is 0 Å². The summed E-state index contributed by atoms with van der Waals surface area (Å²) < 4.78 is 26.8. The average molecular weight is 526 g/mol. The third kappa shape index (κ3) is 4.59. The van der Waals surface area contributed by atoms with Crippen LogP contribution in [-0.4, -0.2) is 45.4 Å². The first-order valence-corrected chi connectivity index (χ1v) is 11.2. The number of halogens is 1. The molecule has 0 aromatic heterocycles. The monoisotopic (exact) mass is 526 g/mol. The largest absolute Gasteiger partial charge is 0.352 e. The number of anilines is 1. The van der Waals surface area contributed by atoms with Crippen molar-refractivity contribution in [3.8, 4) is 0 Å². The minimum atomic E-state index is -3.36. The molecule has 2 heterocycles. The van der Waals surface area contributed by atoms with Gasteiger partial charge in [0.2, 0.25) is 10.0 Å². The fraction of sp³-hybridized carbons (Fsp3) is 0.381. The molecule has 0 bridgehead atoms. The maximum absolute atomic E-state index is 12.6. The lowest BCUT2D eigenvalue weighted by molar-refractivity contribution is 0.477. The van der Waals surface area contributed by atoms with E-state index in [0.29, 0.717) is 24.5 Å². The lowest BCUT2D eigenvalue weighted by Gasteiger charge is -2.22. The highest BCUT2D eigenvalue weighted by molar-refractivity contribution is 14.0. The van der Waals surface area contributed by atoms with Gasteiger partial charge in [-0.15, -0.1) is 24.0 Å². The molecule has 0 aliphatic carbocycles. The Balaban J connectivity index is 0.00000240. The summed E-state index contributed by atoms with van der Waals surface area (Å²) in [5.74, 6) is 0.832. The smallest absolute Gasteiger partial charge is 0.243 e. The molecule has 4 rings (SSSR count). The topological polar surface area (TPSA) is 65.0 Å². The Kier molecular flexibility index (Phi) is 7.18. The predicted octanol–water partition coefficient (Wildman–Crippen LogP) is 3.23. The summed E-state index contributed by atoms with van der Waals surface area (Å²) in [4.78, 5) is 6.99. The first-order chi connectivity index (χ1) is 13.6. The van der Waals surface area contributed by atoms with Crippen LogP contribution in [0.2, 0.25) is 0 Å². The van der Waals surface area contributed by atoms with Gasteiger partial charge in [0.05, 0.1) is 4.90 Å². The molecule has 1 fully saturated rings. The maximum atomic E-state index is 12.6. The molecule has 0 unspecified atom stereocenters. The molecule has 29 heavy (non-hydrogen) atoms. The summed E-state index contributed by atoms with van der Waals surface area (Å²) in [6, 6.07) is 15.6. The Morgan fingerprint density at radius 3 is 2.41 bits per heavy atom. The number of hydrogen-bond acceptors (Lipinski definition) is 3. The number of rotatable bonds is 4. The van der Waals surface area contributed by atoms with Crippen molar-refractivity contribution in [1.29, 1.82) is 0 Å². The molecule has 8 heteroatoms. The molecule has 2 aliphatic rings. The van der Waals surface area contributed by atoms with E-state index in [1.165, 1.54) is 11.3 Å². The normalized spacial score (nSPS) is 17.1. The first-order valence-electron chi connectivity index (χ1n) is 9.75. The third-order valence-electron chi connectivity index (χ3n) is 5.43. The molecule has 6 nitrogen and oxygen atoms in total. The Labute approximate surface area is 190 Å². The zero-order valence-electron chi connectivity index (χ0n) is 16.5. The lowest BCUT2D eigenvalue weighted by atomic mass is 10.2. The number of aliphatic imine (C=N–C) groups is 1. The molecular weight excluding hydrogens is 499 g/mol. The van der Waals surface area contributed by atoms with Crippen LogP contribution in [0.3, 0.4) is 0 Å². The number of sulfonamides is 1. The maximum Gasteiger partial charge on any atom is 0.243 e. The third-order valence-corrected chi connectivity index (χ3v) is 7.34. The van der Waals surface area contributed by atoms with E-state index in [1.807, 2.05) is 18.2 Å². The van der Waals surface area contributed by atoms with E-state index in [-0.39, 0.29) is 24.0 Å². The van der Waals surface area contributed by atoms with Gasteiger partial charge in [-0.1, -0.05) is 30.3 Å². The van der Waals surface area contributed by atoms with Gasteiger partial charge in [0.1, 0.15) is 0 Å².